The number of benzene rings is 1. The number of nitrogens with two attached hydrogens (primary N) is 1. The molecule has 0 fully saturated rings. The molecule has 4 nitrogen and oxygen atoms in total. The van der Waals surface area contributed by atoms with Crippen LogP contribution in [-0.4, -0.2) is 24.6 Å². The van der Waals surface area contributed by atoms with Gasteiger partial charge in [0.2, 0.25) is 5.91 Å². The highest BCUT2D eigenvalue weighted by Crippen LogP contribution is 2.25. The van der Waals surface area contributed by atoms with Gasteiger partial charge in [0.25, 0.3) is 0 Å². The third-order valence-corrected chi connectivity index (χ3v) is 2.90. The number of hydrogen-bond donors (Lipinski definition) is 1. The van der Waals surface area contributed by atoms with Crippen LogP contribution in [0.2, 0.25) is 0 Å². The van der Waals surface area contributed by atoms with E-state index in [-0.39, 0.29) is 11.3 Å². The molecule has 1 amide bonds. The zero-order valence-corrected chi connectivity index (χ0v) is 12.3. The van der Waals surface area contributed by atoms with Crippen LogP contribution >= 0.6 is 0 Å². The lowest BCUT2D eigenvalue weighted by Crippen LogP contribution is -2.33. The number of carbonyl (C=O) groups is 1. The minimum atomic E-state index is -0.0768. The van der Waals surface area contributed by atoms with Gasteiger partial charge in [0.1, 0.15) is 5.75 Å². The Balaban J connectivity index is 2.44. The summed E-state index contributed by atoms with van der Waals surface area (Å²) in [6.45, 7) is 7.03. The van der Waals surface area contributed by atoms with E-state index in [2.05, 4.69) is 32.9 Å². The second-order valence-electron chi connectivity index (χ2n) is 5.73. The molecule has 0 spiro atoms. The lowest BCUT2D eigenvalue weighted by Gasteiger charge is -2.19. The van der Waals surface area contributed by atoms with Gasteiger partial charge in [-0.15, -0.1) is 0 Å². The maximum Gasteiger partial charge on any atom is 0.236 e. The molecule has 19 heavy (non-hydrogen) atoms. The maximum atomic E-state index is 11.3. The van der Waals surface area contributed by atoms with Crippen LogP contribution in [0.1, 0.15) is 39.2 Å². The van der Waals surface area contributed by atoms with Crippen LogP contribution in [-0.2, 0) is 10.2 Å². The topological polar surface area (TPSA) is 55.6 Å². The first-order valence-electron chi connectivity index (χ1n) is 6.55. The number of nitrogens with zero attached hydrogens (tertiary/aromatic N) is 1. The molecule has 0 saturated carbocycles. The largest absolute Gasteiger partial charge is 0.494 e. The maximum absolute atomic E-state index is 11.3. The SMILES string of the molecule is CN(N)C(=O)CCCOc1cccc(C(C)(C)C)c1. The van der Waals surface area contributed by atoms with Gasteiger partial charge >= 0.3 is 0 Å². The molecule has 4 heteroatoms. The van der Waals surface area contributed by atoms with Gasteiger partial charge in [-0.2, -0.15) is 0 Å². The van der Waals surface area contributed by atoms with Gasteiger partial charge in [0, 0.05) is 13.5 Å². The molecule has 1 aromatic rings. The fourth-order valence-corrected chi connectivity index (χ4v) is 1.64. The van der Waals surface area contributed by atoms with Gasteiger partial charge in [0.15, 0.2) is 0 Å². The van der Waals surface area contributed by atoms with Crippen molar-refractivity contribution in [3.8, 4) is 5.75 Å². The summed E-state index contributed by atoms with van der Waals surface area (Å²) >= 11 is 0. The summed E-state index contributed by atoms with van der Waals surface area (Å²) in [5.41, 5.74) is 1.35. The Morgan fingerprint density at radius 1 is 1.37 bits per heavy atom. The standard InChI is InChI=1S/C15H24N2O2/c1-15(2,3)12-7-5-8-13(11-12)19-10-6-9-14(18)17(4)16/h5,7-8,11H,6,9-10,16H2,1-4H3. The molecule has 0 radical (unpaired) electrons. The smallest absolute Gasteiger partial charge is 0.236 e. The van der Waals surface area contributed by atoms with Crippen LogP contribution in [0.25, 0.3) is 0 Å². The van der Waals surface area contributed by atoms with Crippen LogP contribution in [0.5, 0.6) is 5.75 Å². The van der Waals surface area contributed by atoms with Gasteiger partial charge in [-0.1, -0.05) is 32.9 Å². The van der Waals surface area contributed by atoms with Crippen molar-refractivity contribution in [2.75, 3.05) is 13.7 Å². The number of hydrazine groups is 1. The van der Waals surface area contributed by atoms with E-state index in [0.717, 1.165) is 10.8 Å². The summed E-state index contributed by atoms with van der Waals surface area (Å²) < 4.78 is 5.66. The first-order valence-corrected chi connectivity index (χ1v) is 6.55. The molecule has 0 saturated heterocycles. The summed E-state index contributed by atoms with van der Waals surface area (Å²) in [5, 5.41) is 1.11. The number of ether oxygens (including phenoxy) is 1. The molecule has 0 heterocycles. The van der Waals surface area contributed by atoms with E-state index in [4.69, 9.17) is 10.6 Å². The van der Waals surface area contributed by atoms with Gasteiger partial charge in [-0.25, -0.2) is 5.84 Å². The Kier molecular flexibility index (Phi) is 5.36. The highest BCUT2D eigenvalue weighted by molar-refractivity contribution is 5.75. The highest BCUT2D eigenvalue weighted by atomic mass is 16.5. The average Bonchev–Trinajstić information content (AvgIpc) is 2.33. The molecule has 106 valence electrons. The molecule has 0 aliphatic rings. The number of rotatable bonds is 5. The predicted molar refractivity (Wildman–Crippen MR) is 76.8 cm³/mol. The Hall–Kier alpha value is -1.55. The lowest BCUT2D eigenvalue weighted by molar-refractivity contribution is -0.130. The number of carbonyl (C=O) groups excluding carboxylic acids is 1. The van der Waals surface area contributed by atoms with Crippen LogP contribution in [0, 0.1) is 0 Å². The summed E-state index contributed by atoms with van der Waals surface area (Å²) in [5.74, 6) is 6.11. The molecule has 2 N–H and O–H groups in total. The average molecular weight is 264 g/mol. The monoisotopic (exact) mass is 264 g/mol. The summed E-state index contributed by atoms with van der Waals surface area (Å²) in [6.07, 6.45) is 1.08. The zero-order chi connectivity index (χ0) is 14.5. The second kappa shape index (κ2) is 6.57. The van der Waals surface area contributed by atoms with Crippen molar-refractivity contribution in [2.24, 2.45) is 5.84 Å². The molecule has 0 aliphatic heterocycles. The Bertz CT molecular complexity index is 422. The minimum Gasteiger partial charge on any atom is -0.494 e. The lowest BCUT2D eigenvalue weighted by atomic mass is 9.87. The fourth-order valence-electron chi connectivity index (χ4n) is 1.64. The quantitative estimate of drug-likeness (QED) is 0.385. The third-order valence-electron chi connectivity index (χ3n) is 2.90. The van der Waals surface area contributed by atoms with E-state index in [1.54, 1.807) is 7.05 Å². The second-order valence-corrected chi connectivity index (χ2v) is 5.73. The number of amides is 1. The van der Waals surface area contributed by atoms with E-state index in [1.807, 2.05) is 12.1 Å². The first-order chi connectivity index (χ1) is 8.80. The van der Waals surface area contributed by atoms with Gasteiger partial charge in [-0.3, -0.25) is 9.80 Å². The molecule has 0 aliphatic carbocycles. The normalized spacial score (nSPS) is 11.2. The molecular formula is C15H24N2O2. The van der Waals surface area contributed by atoms with Crippen molar-refractivity contribution in [2.45, 2.75) is 39.0 Å². The summed E-state index contributed by atoms with van der Waals surface area (Å²) in [6, 6.07) is 8.08. The van der Waals surface area contributed by atoms with Crippen molar-refractivity contribution in [1.29, 1.82) is 0 Å². The van der Waals surface area contributed by atoms with E-state index >= 15 is 0 Å². The zero-order valence-electron chi connectivity index (χ0n) is 12.3. The fraction of sp³-hybridized carbons (Fsp3) is 0.533. The van der Waals surface area contributed by atoms with Crippen LogP contribution in [0.15, 0.2) is 24.3 Å². The molecule has 0 bridgehead atoms. The van der Waals surface area contributed by atoms with Crippen molar-refractivity contribution in [3.63, 3.8) is 0 Å². The highest BCUT2D eigenvalue weighted by Gasteiger charge is 2.13. The molecule has 1 rings (SSSR count). The molecule has 0 aromatic heterocycles. The van der Waals surface area contributed by atoms with Crippen molar-refractivity contribution >= 4 is 5.91 Å². The van der Waals surface area contributed by atoms with Crippen molar-refractivity contribution < 1.29 is 9.53 Å². The molecule has 1 aromatic carbocycles. The number of hydrogen-bond acceptors (Lipinski definition) is 3. The van der Waals surface area contributed by atoms with E-state index in [9.17, 15) is 4.79 Å². The van der Waals surface area contributed by atoms with Gasteiger partial charge in [0.05, 0.1) is 6.61 Å². The Labute approximate surface area is 115 Å². The van der Waals surface area contributed by atoms with E-state index < -0.39 is 0 Å². The Morgan fingerprint density at radius 2 is 2.05 bits per heavy atom. The summed E-state index contributed by atoms with van der Waals surface area (Å²) in [7, 11) is 1.55. The molecular weight excluding hydrogens is 240 g/mol. The van der Waals surface area contributed by atoms with Gasteiger partial charge in [-0.05, 0) is 29.5 Å². The molecule has 0 unspecified atom stereocenters. The third kappa shape index (κ3) is 5.30. The Morgan fingerprint density at radius 3 is 2.63 bits per heavy atom. The van der Waals surface area contributed by atoms with E-state index in [1.165, 1.54) is 5.56 Å². The van der Waals surface area contributed by atoms with Crippen LogP contribution in [0.4, 0.5) is 0 Å². The molecule has 0 atom stereocenters. The van der Waals surface area contributed by atoms with Crippen molar-refractivity contribution in [1.82, 2.24) is 5.01 Å². The van der Waals surface area contributed by atoms with Crippen molar-refractivity contribution in [3.05, 3.63) is 29.8 Å². The van der Waals surface area contributed by atoms with E-state index in [0.29, 0.717) is 19.4 Å². The van der Waals surface area contributed by atoms with Gasteiger partial charge < -0.3 is 4.74 Å². The first kappa shape index (κ1) is 15.5. The minimum absolute atomic E-state index is 0.0768. The van der Waals surface area contributed by atoms with Crippen LogP contribution < -0.4 is 10.6 Å². The predicted octanol–water partition coefficient (Wildman–Crippen LogP) is 2.48. The van der Waals surface area contributed by atoms with Crippen LogP contribution in [0.3, 0.4) is 0 Å². The summed E-state index contributed by atoms with van der Waals surface area (Å²) in [4.78, 5) is 11.3.